The molecule has 0 bridgehead atoms. The number of aromatic nitrogens is 1. The largest absolute Gasteiger partial charge is 0.389 e. The Kier molecular flexibility index (Phi) is 4.32. The van der Waals surface area contributed by atoms with Crippen LogP contribution in [0.3, 0.4) is 0 Å². The Balaban J connectivity index is 2.63. The molecule has 6 heteroatoms. The summed E-state index contributed by atoms with van der Waals surface area (Å²) in [5, 5.41) is 11.8. The molecule has 16 heavy (non-hydrogen) atoms. The highest BCUT2D eigenvalue weighted by molar-refractivity contribution is 7.11. The van der Waals surface area contributed by atoms with E-state index in [2.05, 4.69) is 10.3 Å². The van der Waals surface area contributed by atoms with Gasteiger partial charge in [-0.1, -0.05) is 11.6 Å². The van der Waals surface area contributed by atoms with Crippen molar-refractivity contribution in [2.75, 3.05) is 0 Å². The average molecular weight is 259 g/mol. The third kappa shape index (κ3) is 3.21. The van der Waals surface area contributed by atoms with Gasteiger partial charge < -0.3 is 11.1 Å². The number of nitrogens with two attached hydrogens (primary N) is 1. The van der Waals surface area contributed by atoms with Crippen molar-refractivity contribution in [1.29, 1.82) is 5.41 Å². The molecule has 0 radical (unpaired) electrons. The predicted molar refractivity (Wildman–Crippen MR) is 68.9 cm³/mol. The van der Waals surface area contributed by atoms with Gasteiger partial charge in [0.2, 0.25) is 0 Å². The smallest absolute Gasteiger partial charge is 0.124 e. The molecule has 88 valence electrons. The number of hydrogen-bond donors (Lipinski definition) is 3. The third-order valence-corrected chi connectivity index (χ3v) is 3.51. The minimum Gasteiger partial charge on any atom is -0.389 e. The monoisotopic (exact) mass is 258 g/mol. The maximum Gasteiger partial charge on any atom is 0.124 e. The first-order chi connectivity index (χ1) is 7.41. The van der Waals surface area contributed by atoms with Gasteiger partial charge in [0.1, 0.15) is 11.0 Å². The van der Waals surface area contributed by atoms with Crippen molar-refractivity contribution >= 4 is 28.8 Å². The second-order valence-electron chi connectivity index (χ2n) is 3.44. The van der Waals surface area contributed by atoms with E-state index >= 15 is 0 Å². The van der Waals surface area contributed by atoms with Gasteiger partial charge in [0.25, 0.3) is 0 Å². The zero-order valence-electron chi connectivity index (χ0n) is 9.52. The zero-order valence-corrected chi connectivity index (χ0v) is 11.1. The van der Waals surface area contributed by atoms with Crippen LogP contribution < -0.4 is 11.1 Å². The molecule has 0 spiro atoms. The van der Waals surface area contributed by atoms with Crippen LogP contribution in [0.1, 0.15) is 22.5 Å². The molecule has 0 aliphatic heterocycles. The van der Waals surface area contributed by atoms with Crippen molar-refractivity contribution in [1.82, 2.24) is 10.3 Å². The molecule has 0 aromatic carbocycles. The summed E-state index contributed by atoms with van der Waals surface area (Å²) in [6.45, 7) is 6.22. The van der Waals surface area contributed by atoms with E-state index in [0.717, 1.165) is 15.6 Å². The Morgan fingerprint density at radius 2 is 2.19 bits per heavy atom. The van der Waals surface area contributed by atoms with Crippen LogP contribution in [-0.4, -0.2) is 10.8 Å². The SMILES string of the molecule is C/C(C(=N)NCc1sc(C)nc1C)=C(/N)Cl. The highest BCUT2D eigenvalue weighted by Gasteiger charge is 2.07. The van der Waals surface area contributed by atoms with Crippen molar-refractivity contribution in [3.05, 3.63) is 26.3 Å². The first-order valence-electron chi connectivity index (χ1n) is 4.79. The molecule has 0 aliphatic rings. The third-order valence-electron chi connectivity index (χ3n) is 2.16. The van der Waals surface area contributed by atoms with Crippen LogP contribution >= 0.6 is 22.9 Å². The lowest BCUT2D eigenvalue weighted by atomic mass is 10.3. The summed E-state index contributed by atoms with van der Waals surface area (Å²) in [5.74, 6) is 0.248. The number of rotatable bonds is 3. The van der Waals surface area contributed by atoms with Crippen LogP contribution in [0.25, 0.3) is 0 Å². The summed E-state index contributed by atoms with van der Waals surface area (Å²) in [4.78, 5) is 5.44. The minimum absolute atomic E-state index is 0.148. The predicted octanol–water partition coefficient (Wildman–Crippen LogP) is 2.26. The quantitative estimate of drug-likeness (QED) is 0.442. The molecule has 1 heterocycles. The van der Waals surface area contributed by atoms with E-state index < -0.39 is 0 Å². The first-order valence-corrected chi connectivity index (χ1v) is 5.98. The van der Waals surface area contributed by atoms with Crippen LogP contribution in [0.2, 0.25) is 0 Å². The lowest BCUT2D eigenvalue weighted by molar-refractivity contribution is 0.907. The molecule has 0 saturated carbocycles. The summed E-state index contributed by atoms with van der Waals surface area (Å²) in [6.07, 6.45) is 0. The molecular weight excluding hydrogens is 244 g/mol. The van der Waals surface area contributed by atoms with E-state index in [1.165, 1.54) is 0 Å². The Labute approximate surface area is 104 Å². The lowest BCUT2D eigenvalue weighted by Gasteiger charge is -2.07. The number of hydrogen-bond acceptors (Lipinski definition) is 4. The molecule has 0 unspecified atom stereocenters. The molecule has 4 nitrogen and oxygen atoms in total. The number of nitrogens with zero attached hydrogens (tertiary/aromatic N) is 1. The zero-order chi connectivity index (χ0) is 12.3. The van der Waals surface area contributed by atoms with Crippen molar-refractivity contribution in [3.63, 3.8) is 0 Å². The van der Waals surface area contributed by atoms with Crippen molar-refractivity contribution < 1.29 is 0 Å². The summed E-state index contributed by atoms with van der Waals surface area (Å²) >= 11 is 7.23. The highest BCUT2D eigenvalue weighted by atomic mass is 35.5. The van der Waals surface area contributed by atoms with Gasteiger partial charge in [-0.15, -0.1) is 11.3 Å². The Morgan fingerprint density at radius 1 is 1.56 bits per heavy atom. The van der Waals surface area contributed by atoms with Crippen LogP contribution in [-0.2, 0) is 6.54 Å². The second-order valence-corrected chi connectivity index (χ2v) is 5.14. The van der Waals surface area contributed by atoms with Crippen molar-refractivity contribution in [3.8, 4) is 0 Å². The number of nitrogens with one attached hydrogen (secondary N) is 2. The molecule has 0 amide bonds. The molecule has 4 N–H and O–H groups in total. The summed E-state index contributed by atoms with van der Waals surface area (Å²) in [6, 6.07) is 0. The van der Waals surface area contributed by atoms with Gasteiger partial charge >= 0.3 is 0 Å². The second kappa shape index (κ2) is 5.32. The lowest BCUT2D eigenvalue weighted by Crippen LogP contribution is -2.24. The molecule has 1 aromatic heterocycles. The Hall–Kier alpha value is -1.07. The number of thiazole rings is 1. The number of aryl methyl sites for hydroxylation is 2. The van der Waals surface area contributed by atoms with Crippen molar-refractivity contribution in [2.45, 2.75) is 27.3 Å². The highest BCUT2D eigenvalue weighted by Crippen LogP contribution is 2.16. The standard InChI is InChI=1S/C10H15ClN4S/c1-5(9(11)12)10(13)14-4-8-6(2)15-7(3)16-8/h4,12H2,1-3H3,(H2,13,14)/b9-5-. The molecule has 1 rings (SSSR count). The topological polar surface area (TPSA) is 74.8 Å². The Bertz CT molecular complexity index is 432. The summed E-state index contributed by atoms with van der Waals surface area (Å²) in [7, 11) is 0. The molecule has 0 saturated heterocycles. The molecule has 0 atom stereocenters. The maximum atomic E-state index is 7.70. The first kappa shape index (κ1) is 13.0. The molecular formula is C10H15ClN4S. The normalized spacial score (nSPS) is 12.2. The van der Waals surface area contributed by atoms with Crippen LogP contribution in [0.15, 0.2) is 10.7 Å². The summed E-state index contributed by atoms with van der Waals surface area (Å²) < 4.78 is 0. The van der Waals surface area contributed by atoms with Gasteiger partial charge in [-0.3, -0.25) is 5.41 Å². The number of halogens is 1. The van der Waals surface area contributed by atoms with Gasteiger partial charge in [0, 0.05) is 10.5 Å². The van der Waals surface area contributed by atoms with E-state index in [-0.39, 0.29) is 11.0 Å². The van der Waals surface area contributed by atoms with Crippen LogP contribution in [0.4, 0.5) is 0 Å². The van der Waals surface area contributed by atoms with Crippen LogP contribution in [0, 0.1) is 19.3 Å². The summed E-state index contributed by atoms with van der Waals surface area (Å²) in [5.41, 5.74) is 6.95. The minimum atomic E-state index is 0.148. The molecule has 1 aromatic rings. The van der Waals surface area contributed by atoms with Gasteiger partial charge in [-0.05, 0) is 20.8 Å². The maximum absolute atomic E-state index is 7.70. The van der Waals surface area contributed by atoms with E-state index in [4.69, 9.17) is 22.7 Å². The molecule has 0 fully saturated rings. The van der Waals surface area contributed by atoms with E-state index in [9.17, 15) is 0 Å². The van der Waals surface area contributed by atoms with Crippen LogP contribution in [0.5, 0.6) is 0 Å². The van der Waals surface area contributed by atoms with Gasteiger partial charge in [-0.2, -0.15) is 0 Å². The van der Waals surface area contributed by atoms with E-state index in [0.29, 0.717) is 12.1 Å². The molecule has 0 aliphatic carbocycles. The fourth-order valence-electron chi connectivity index (χ4n) is 1.16. The van der Waals surface area contributed by atoms with Gasteiger partial charge in [-0.25, -0.2) is 4.98 Å². The van der Waals surface area contributed by atoms with Gasteiger partial charge in [0.15, 0.2) is 0 Å². The fourth-order valence-corrected chi connectivity index (χ4v) is 2.13. The number of amidine groups is 1. The average Bonchev–Trinajstić information content (AvgIpc) is 2.52. The van der Waals surface area contributed by atoms with Crippen molar-refractivity contribution in [2.24, 2.45) is 5.73 Å². The van der Waals surface area contributed by atoms with E-state index in [1.54, 1.807) is 18.3 Å². The van der Waals surface area contributed by atoms with Gasteiger partial charge in [0.05, 0.1) is 17.2 Å². The fraction of sp³-hybridized carbons (Fsp3) is 0.400. The Morgan fingerprint density at radius 3 is 2.62 bits per heavy atom. The van der Waals surface area contributed by atoms with E-state index in [1.807, 2.05) is 13.8 Å².